The van der Waals surface area contributed by atoms with Gasteiger partial charge in [0.25, 0.3) is 0 Å². The first-order valence-corrected chi connectivity index (χ1v) is 11.4. The van der Waals surface area contributed by atoms with Crippen LogP contribution in [0.5, 0.6) is 11.5 Å². The highest BCUT2D eigenvalue weighted by Crippen LogP contribution is 2.39. The number of ketones is 1. The lowest BCUT2D eigenvalue weighted by Crippen LogP contribution is -2.44. The Morgan fingerprint density at radius 1 is 0.971 bits per heavy atom. The minimum atomic E-state index is -0.980. The molecule has 2 aliphatic heterocycles. The van der Waals surface area contributed by atoms with Crippen molar-refractivity contribution >= 4 is 28.7 Å². The Morgan fingerprint density at radius 3 is 2.60 bits per heavy atom. The number of carboxylic acids is 1. The average Bonchev–Trinajstić information content (AvgIpc) is 3.51. The Labute approximate surface area is 201 Å². The Balaban J connectivity index is 1.33. The van der Waals surface area contributed by atoms with Gasteiger partial charge < -0.3 is 19.6 Å². The third kappa shape index (κ3) is 3.86. The molecule has 3 aromatic carbocycles. The van der Waals surface area contributed by atoms with Gasteiger partial charge >= 0.3 is 5.97 Å². The van der Waals surface area contributed by atoms with Gasteiger partial charge in [0, 0.05) is 16.6 Å². The molecule has 2 atom stereocenters. The molecule has 0 saturated heterocycles. The predicted octanol–water partition coefficient (Wildman–Crippen LogP) is 4.48. The molecule has 7 nitrogen and oxygen atoms in total. The van der Waals surface area contributed by atoms with Crippen molar-refractivity contribution in [3.8, 4) is 11.5 Å². The molecule has 3 N–H and O–H groups in total. The number of fused-ring (bicyclic) bond motifs is 4. The SMILES string of the molecule is O=C(O)c1ccc(C=CC(=O)C2Cc3c([nH]c4ccccc34)C(c3ccc4c(c3)OCO4)N2)cc1. The van der Waals surface area contributed by atoms with Crippen LogP contribution >= 0.6 is 0 Å². The molecule has 3 heterocycles. The Morgan fingerprint density at radius 2 is 1.77 bits per heavy atom. The van der Waals surface area contributed by atoms with Crippen molar-refractivity contribution in [3.05, 3.63) is 101 Å². The van der Waals surface area contributed by atoms with Crippen molar-refractivity contribution in [3.63, 3.8) is 0 Å². The van der Waals surface area contributed by atoms with Crippen LogP contribution in [0.2, 0.25) is 0 Å². The van der Waals surface area contributed by atoms with Gasteiger partial charge in [-0.1, -0.05) is 42.5 Å². The molecule has 174 valence electrons. The second-order valence-electron chi connectivity index (χ2n) is 8.69. The molecule has 7 heteroatoms. The molecule has 0 bridgehead atoms. The monoisotopic (exact) mass is 466 g/mol. The number of para-hydroxylation sites is 1. The van der Waals surface area contributed by atoms with Crippen LogP contribution in [0.4, 0.5) is 0 Å². The molecule has 1 aromatic heterocycles. The Bertz CT molecular complexity index is 1490. The molecule has 2 aliphatic rings. The lowest BCUT2D eigenvalue weighted by Gasteiger charge is -2.30. The van der Waals surface area contributed by atoms with Crippen molar-refractivity contribution in [2.24, 2.45) is 0 Å². The van der Waals surface area contributed by atoms with E-state index in [-0.39, 0.29) is 24.2 Å². The van der Waals surface area contributed by atoms with E-state index in [0.29, 0.717) is 17.9 Å². The van der Waals surface area contributed by atoms with E-state index in [1.54, 1.807) is 24.3 Å². The summed E-state index contributed by atoms with van der Waals surface area (Å²) in [7, 11) is 0. The number of carbonyl (C=O) groups is 2. The van der Waals surface area contributed by atoms with Crippen LogP contribution in [0.25, 0.3) is 17.0 Å². The second-order valence-corrected chi connectivity index (χ2v) is 8.69. The first-order chi connectivity index (χ1) is 17.1. The highest BCUT2D eigenvalue weighted by Gasteiger charge is 2.33. The third-order valence-electron chi connectivity index (χ3n) is 6.58. The zero-order chi connectivity index (χ0) is 23.9. The van der Waals surface area contributed by atoms with E-state index in [9.17, 15) is 9.59 Å². The van der Waals surface area contributed by atoms with E-state index in [2.05, 4.69) is 16.4 Å². The van der Waals surface area contributed by atoms with E-state index in [4.69, 9.17) is 14.6 Å². The summed E-state index contributed by atoms with van der Waals surface area (Å²) in [5.41, 5.74) is 5.15. The van der Waals surface area contributed by atoms with E-state index < -0.39 is 12.0 Å². The van der Waals surface area contributed by atoms with E-state index >= 15 is 0 Å². The van der Waals surface area contributed by atoms with Crippen molar-refractivity contribution in [2.45, 2.75) is 18.5 Å². The maximum atomic E-state index is 13.3. The minimum Gasteiger partial charge on any atom is -0.478 e. The first kappa shape index (κ1) is 21.2. The number of nitrogens with one attached hydrogen (secondary N) is 2. The third-order valence-corrected chi connectivity index (χ3v) is 6.58. The number of aromatic amines is 1. The van der Waals surface area contributed by atoms with Crippen molar-refractivity contribution in [1.29, 1.82) is 0 Å². The lowest BCUT2D eigenvalue weighted by molar-refractivity contribution is -0.116. The van der Waals surface area contributed by atoms with Gasteiger partial charge in [-0.25, -0.2) is 4.79 Å². The molecule has 35 heavy (non-hydrogen) atoms. The zero-order valence-corrected chi connectivity index (χ0v) is 18.7. The fraction of sp³-hybridized carbons (Fsp3) is 0.143. The van der Waals surface area contributed by atoms with Gasteiger partial charge in [0.15, 0.2) is 17.3 Å². The molecular formula is C28H22N2O5. The van der Waals surface area contributed by atoms with Gasteiger partial charge in [0.2, 0.25) is 6.79 Å². The van der Waals surface area contributed by atoms with Crippen LogP contribution in [0.1, 0.15) is 38.8 Å². The van der Waals surface area contributed by atoms with Gasteiger partial charge in [0.1, 0.15) is 0 Å². The topological polar surface area (TPSA) is 101 Å². The van der Waals surface area contributed by atoms with Crippen LogP contribution in [-0.4, -0.2) is 34.7 Å². The molecule has 4 aromatic rings. The summed E-state index contributed by atoms with van der Waals surface area (Å²) in [6, 6.07) is 19.8. The van der Waals surface area contributed by atoms with Crippen LogP contribution in [0.15, 0.2) is 72.8 Å². The number of aromatic nitrogens is 1. The van der Waals surface area contributed by atoms with E-state index in [1.165, 1.54) is 12.1 Å². The molecule has 0 saturated carbocycles. The van der Waals surface area contributed by atoms with Gasteiger partial charge in [-0.2, -0.15) is 0 Å². The number of ether oxygens (including phenoxy) is 2. The fourth-order valence-corrected chi connectivity index (χ4v) is 4.80. The van der Waals surface area contributed by atoms with Crippen LogP contribution < -0.4 is 14.8 Å². The summed E-state index contributed by atoms with van der Waals surface area (Å²) in [6.07, 6.45) is 3.83. The number of H-pyrrole nitrogens is 1. The van der Waals surface area contributed by atoms with E-state index in [0.717, 1.165) is 33.3 Å². The molecule has 2 unspecified atom stereocenters. The van der Waals surface area contributed by atoms with Gasteiger partial charge in [-0.15, -0.1) is 0 Å². The van der Waals surface area contributed by atoms with Crippen LogP contribution in [0.3, 0.4) is 0 Å². The van der Waals surface area contributed by atoms with Gasteiger partial charge in [0.05, 0.1) is 17.6 Å². The fourth-order valence-electron chi connectivity index (χ4n) is 4.80. The normalized spacial score (nSPS) is 18.6. The first-order valence-electron chi connectivity index (χ1n) is 11.4. The minimum absolute atomic E-state index is 0.0472. The van der Waals surface area contributed by atoms with Crippen LogP contribution in [-0.2, 0) is 11.2 Å². The molecule has 0 fully saturated rings. The number of carboxylic acid groups (broad SMARTS) is 1. The second kappa shape index (κ2) is 8.45. The maximum absolute atomic E-state index is 13.3. The predicted molar refractivity (Wildman–Crippen MR) is 131 cm³/mol. The smallest absolute Gasteiger partial charge is 0.335 e. The molecule has 0 radical (unpaired) electrons. The summed E-state index contributed by atoms with van der Waals surface area (Å²) in [5.74, 6) is 0.382. The lowest BCUT2D eigenvalue weighted by atomic mass is 9.88. The average molecular weight is 466 g/mol. The molecule has 6 rings (SSSR count). The summed E-state index contributed by atoms with van der Waals surface area (Å²) in [4.78, 5) is 27.9. The van der Waals surface area contributed by atoms with Crippen molar-refractivity contribution in [2.75, 3.05) is 6.79 Å². The molecule has 0 aliphatic carbocycles. The van der Waals surface area contributed by atoms with Crippen LogP contribution in [0, 0.1) is 0 Å². The molecule has 0 amide bonds. The summed E-state index contributed by atoms with van der Waals surface area (Å²) >= 11 is 0. The highest BCUT2D eigenvalue weighted by molar-refractivity contribution is 5.99. The number of rotatable bonds is 5. The van der Waals surface area contributed by atoms with Gasteiger partial charge in [-0.3, -0.25) is 10.1 Å². The molecular weight excluding hydrogens is 444 g/mol. The van der Waals surface area contributed by atoms with E-state index in [1.807, 2.05) is 36.4 Å². The zero-order valence-electron chi connectivity index (χ0n) is 18.7. The Hall–Kier alpha value is -4.36. The summed E-state index contributed by atoms with van der Waals surface area (Å²) < 4.78 is 11.1. The van der Waals surface area contributed by atoms with Crippen molar-refractivity contribution in [1.82, 2.24) is 10.3 Å². The largest absolute Gasteiger partial charge is 0.478 e. The van der Waals surface area contributed by atoms with Gasteiger partial charge in [-0.05, 0) is 59.5 Å². The highest BCUT2D eigenvalue weighted by atomic mass is 16.7. The summed E-state index contributed by atoms with van der Waals surface area (Å²) in [6.45, 7) is 0.202. The number of hydrogen-bond donors (Lipinski definition) is 3. The standard InChI is InChI=1S/C28H22N2O5/c31-23(11-7-16-5-8-17(9-6-16)28(32)33)22-14-20-19-3-1-2-4-21(19)29-27(20)26(30-22)18-10-12-24-25(13-18)35-15-34-24/h1-13,22,26,29-30H,14-15H2,(H,32,33). The van der Waals surface area contributed by atoms with Crippen molar-refractivity contribution < 1.29 is 24.2 Å². The number of benzene rings is 3. The Kier molecular flexibility index (Phi) is 5.12. The number of aromatic carboxylic acids is 1. The number of hydrogen-bond acceptors (Lipinski definition) is 5. The summed E-state index contributed by atoms with van der Waals surface area (Å²) in [5, 5.41) is 13.7. The quantitative estimate of drug-likeness (QED) is 0.375. The molecule has 0 spiro atoms. The number of carbonyl (C=O) groups excluding carboxylic acids is 1. The maximum Gasteiger partial charge on any atom is 0.335 e.